The van der Waals surface area contributed by atoms with Gasteiger partial charge in [-0.25, -0.2) is 5.01 Å². The Labute approximate surface area is 168 Å². The van der Waals surface area contributed by atoms with Gasteiger partial charge in [0.2, 0.25) is 0 Å². The molecule has 1 heterocycles. The van der Waals surface area contributed by atoms with E-state index in [1.54, 1.807) is 24.3 Å². The van der Waals surface area contributed by atoms with Gasteiger partial charge in [0, 0.05) is 12.7 Å². The monoisotopic (exact) mass is 419 g/mol. The molecule has 154 valence electrons. The molecule has 3 rings (SSSR count). The molecule has 9 nitrogen and oxygen atoms in total. The summed E-state index contributed by atoms with van der Waals surface area (Å²) in [5, 5.41) is 15.6. The number of aromatic hydroxyl groups is 1. The van der Waals surface area contributed by atoms with Gasteiger partial charge in [-0.1, -0.05) is 0 Å². The first-order chi connectivity index (χ1) is 13.9. The Kier molecular flexibility index (Phi) is 6.04. The van der Waals surface area contributed by atoms with Crippen molar-refractivity contribution in [3.8, 4) is 17.2 Å². The Bertz CT molecular complexity index is 1070. The molecule has 0 radical (unpaired) electrons. The number of hydrogen-bond acceptors (Lipinski definition) is 8. The normalized spacial score (nSPS) is 14.5. The number of phenols is 1. The molecule has 0 saturated heterocycles. The standard InChI is InChI=1S/C19H21N3O6S/c1-26-9-8-22(20-12-13-4-6-16(23)17(10-13)28-3)19-15-11-14(27-2)5-7-18(15)29(24,25)21-19/h4-7,10-12,23H,8-9H2,1-3H3/b20-12+. The predicted octanol–water partition coefficient (Wildman–Crippen LogP) is 1.84. The first kappa shape index (κ1) is 20.6. The first-order valence-corrected chi connectivity index (χ1v) is 10.0. The Hall–Kier alpha value is -3.11. The van der Waals surface area contributed by atoms with E-state index in [9.17, 15) is 13.5 Å². The van der Waals surface area contributed by atoms with Crippen molar-refractivity contribution in [2.24, 2.45) is 9.50 Å². The Morgan fingerprint density at radius 1 is 1.14 bits per heavy atom. The summed E-state index contributed by atoms with van der Waals surface area (Å²) in [6.45, 7) is 0.571. The van der Waals surface area contributed by atoms with Crippen LogP contribution in [0, 0.1) is 0 Å². The molecule has 10 heteroatoms. The van der Waals surface area contributed by atoms with Gasteiger partial charge in [-0.05, 0) is 42.0 Å². The average Bonchev–Trinajstić information content (AvgIpc) is 2.99. The van der Waals surface area contributed by atoms with Gasteiger partial charge >= 0.3 is 0 Å². The van der Waals surface area contributed by atoms with Crippen LogP contribution in [0.3, 0.4) is 0 Å². The van der Waals surface area contributed by atoms with Gasteiger partial charge in [-0.3, -0.25) is 0 Å². The van der Waals surface area contributed by atoms with Crippen LogP contribution >= 0.6 is 0 Å². The van der Waals surface area contributed by atoms with Crippen molar-refractivity contribution in [1.82, 2.24) is 5.01 Å². The fourth-order valence-electron chi connectivity index (χ4n) is 2.74. The van der Waals surface area contributed by atoms with E-state index in [1.807, 2.05) is 0 Å². The third kappa shape index (κ3) is 4.33. The zero-order valence-electron chi connectivity index (χ0n) is 16.2. The number of fused-ring (bicyclic) bond motifs is 1. The SMILES string of the molecule is COCCN(/N=C/c1ccc(O)c(OC)c1)C1=NS(=O)(=O)c2ccc(OC)cc21. The maximum absolute atomic E-state index is 12.5. The van der Waals surface area contributed by atoms with Crippen LogP contribution in [0.1, 0.15) is 11.1 Å². The molecule has 29 heavy (non-hydrogen) atoms. The van der Waals surface area contributed by atoms with Crippen LogP contribution in [0.5, 0.6) is 17.2 Å². The molecule has 0 amide bonds. The quantitative estimate of drug-likeness (QED) is 0.539. The molecule has 2 aromatic carbocycles. The third-order valence-electron chi connectivity index (χ3n) is 4.21. The van der Waals surface area contributed by atoms with Gasteiger partial charge in [0.05, 0.1) is 33.6 Å². The molecule has 0 aliphatic carbocycles. The van der Waals surface area contributed by atoms with Crippen molar-refractivity contribution < 1.29 is 27.7 Å². The van der Waals surface area contributed by atoms with E-state index in [2.05, 4.69) is 9.50 Å². The van der Waals surface area contributed by atoms with Gasteiger partial charge in [0.15, 0.2) is 17.3 Å². The molecule has 0 saturated carbocycles. The summed E-state index contributed by atoms with van der Waals surface area (Å²) in [5.41, 5.74) is 1.05. The number of amidine groups is 1. The average molecular weight is 419 g/mol. The number of rotatable bonds is 7. The van der Waals surface area contributed by atoms with E-state index >= 15 is 0 Å². The highest BCUT2D eigenvalue weighted by Crippen LogP contribution is 2.31. The number of ether oxygens (including phenoxy) is 3. The van der Waals surface area contributed by atoms with Gasteiger partial charge in [-0.15, -0.1) is 4.40 Å². The lowest BCUT2D eigenvalue weighted by Crippen LogP contribution is -2.29. The lowest BCUT2D eigenvalue weighted by Gasteiger charge is -2.18. The highest BCUT2D eigenvalue weighted by Gasteiger charge is 2.32. The number of hydrogen-bond donors (Lipinski definition) is 1. The molecule has 0 spiro atoms. The Balaban J connectivity index is 2.00. The highest BCUT2D eigenvalue weighted by molar-refractivity contribution is 7.90. The minimum atomic E-state index is -3.83. The molecule has 2 aromatic rings. The van der Waals surface area contributed by atoms with Crippen molar-refractivity contribution in [3.63, 3.8) is 0 Å². The number of phenolic OH excluding ortho intramolecular Hbond substituents is 1. The van der Waals surface area contributed by atoms with Crippen molar-refractivity contribution >= 4 is 22.1 Å². The lowest BCUT2D eigenvalue weighted by molar-refractivity contribution is 0.178. The Morgan fingerprint density at radius 3 is 2.62 bits per heavy atom. The summed E-state index contributed by atoms with van der Waals surface area (Å²) >= 11 is 0. The second-order valence-corrected chi connectivity index (χ2v) is 7.62. The van der Waals surface area contributed by atoms with E-state index in [1.165, 1.54) is 44.7 Å². The molecule has 0 bridgehead atoms. The maximum Gasteiger partial charge on any atom is 0.285 e. The van der Waals surface area contributed by atoms with Crippen LogP contribution in [0.25, 0.3) is 0 Å². The molecule has 0 fully saturated rings. The van der Waals surface area contributed by atoms with Crippen LogP contribution < -0.4 is 9.47 Å². The van der Waals surface area contributed by atoms with Gasteiger partial charge in [-0.2, -0.15) is 13.5 Å². The first-order valence-electron chi connectivity index (χ1n) is 8.60. The summed E-state index contributed by atoms with van der Waals surface area (Å²) in [6.07, 6.45) is 1.52. The molecule has 1 aliphatic rings. The van der Waals surface area contributed by atoms with Gasteiger partial charge < -0.3 is 19.3 Å². The predicted molar refractivity (Wildman–Crippen MR) is 108 cm³/mol. The van der Waals surface area contributed by atoms with E-state index in [0.29, 0.717) is 29.2 Å². The molecule has 0 aromatic heterocycles. The second kappa shape index (κ2) is 8.50. The van der Waals surface area contributed by atoms with Crippen molar-refractivity contribution in [1.29, 1.82) is 0 Å². The van der Waals surface area contributed by atoms with Crippen LogP contribution in [0.4, 0.5) is 0 Å². The number of nitrogens with zero attached hydrogens (tertiary/aromatic N) is 3. The number of methoxy groups -OCH3 is 3. The molecule has 1 N–H and O–H groups in total. The molecular weight excluding hydrogens is 398 g/mol. The van der Waals surface area contributed by atoms with Crippen LogP contribution in [-0.4, -0.2) is 65.1 Å². The summed E-state index contributed by atoms with van der Waals surface area (Å²) in [4.78, 5) is 0.0946. The van der Waals surface area contributed by atoms with Crippen LogP contribution in [-0.2, 0) is 14.8 Å². The van der Waals surface area contributed by atoms with E-state index in [0.717, 1.165) is 0 Å². The Morgan fingerprint density at radius 2 is 1.93 bits per heavy atom. The minimum Gasteiger partial charge on any atom is -0.504 e. The van der Waals surface area contributed by atoms with E-state index in [-0.39, 0.29) is 23.0 Å². The lowest BCUT2D eigenvalue weighted by atomic mass is 10.2. The minimum absolute atomic E-state index is 0.00757. The second-order valence-electron chi connectivity index (χ2n) is 6.04. The topological polar surface area (TPSA) is 110 Å². The highest BCUT2D eigenvalue weighted by atomic mass is 32.2. The summed E-state index contributed by atoms with van der Waals surface area (Å²) in [6, 6.07) is 9.38. The number of hydrazone groups is 1. The van der Waals surface area contributed by atoms with Crippen molar-refractivity contribution in [3.05, 3.63) is 47.5 Å². The van der Waals surface area contributed by atoms with Crippen molar-refractivity contribution in [2.45, 2.75) is 4.90 Å². The van der Waals surface area contributed by atoms with Crippen LogP contribution in [0.15, 0.2) is 50.8 Å². The largest absolute Gasteiger partial charge is 0.504 e. The number of benzene rings is 2. The summed E-state index contributed by atoms with van der Waals surface area (Å²) in [5.74, 6) is 0.992. The smallest absolute Gasteiger partial charge is 0.285 e. The van der Waals surface area contributed by atoms with E-state index in [4.69, 9.17) is 14.2 Å². The molecule has 0 unspecified atom stereocenters. The van der Waals surface area contributed by atoms with E-state index < -0.39 is 10.0 Å². The fraction of sp³-hybridized carbons (Fsp3) is 0.263. The molecule has 0 atom stereocenters. The summed E-state index contributed by atoms with van der Waals surface area (Å²) < 4.78 is 44.2. The third-order valence-corrected chi connectivity index (χ3v) is 5.54. The maximum atomic E-state index is 12.5. The van der Waals surface area contributed by atoms with Gasteiger partial charge in [0.1, 0.15) is 10.6 Å². The van der Waals surface area contributed by atoms with Gasteiger partial charge in [0.25, 0.3) is 10.0 Å². The zero-order chi connectivity index (χ0) is 21.0. The number of sulfonamides is 1. The fourth-order valence-corrected chi connectivity index (χ4v) is 3.93. The molecule has 1 aliphatic heterocycles. The van der Waals surface area contributed by atoms with Crippen molar-refractivity contribution in [2.75, 3.05) is 34.5 Å². The summed E-state index contributed by atoms with van der Waals surface area (Å²) in [7, 11) is 0.661. The molecular formula is C19H21N3O6S. The van der Waals surface area contributed by atoms with Crippen LogP contribution in [0.2, 0.25) is 0 Å². The zero-order valence-corrected chi connectivity index (χ0v) is 17.0.